The van der Waals surface area contributed by atoms with E-state index in [1.54, 1.807) is 36.4 Å². The van der Waals surface area contributed by atoms with Gasteiger partial charge in [0.15, 0.2) is 0 Å². The molecule has 3 aromatic carbocycles. The molecule has 30 heavy (non-hydrogen) atoms. The molecule has 152 valence electrons. The smallest absolute Gasteiger partial charge is 0.253 e. The number of para-hydroxylation sites is 2. The molecule has 1 aromatic heterocycles. The van der Waals surface area contributed by atoms with Gasteiger partial charge < -0.3 is 14.6 Å². The number of carbonyl (C=O) groups is 1. The van der Waals surface area contributed by atoms with E-state index in [1.807, 2.05) is 36.4 Å². The van der Waals surface area contributed by atoms with Gasteiger partial charge in [0.25, 0.3) is 5.91 Å². The molecule has 1 N–H and O–H groups in total. The second kappa shape index (κ2) is 9.20. The third kappa shape index (κ3) is 4.58. The first kappa shape index (κ1) is 20.3. The van der Waals surface area contributed by atoms with E-state index in [1.165, 1.54) is 0 Å². The molecule has 1 heterocycles. The first-order valence-electron chi connectivity index (χ1n) is 9.47. The molecule has 0 bridgehead atoms. The highest BCUT2D eigenvalue weighted by molar-refractivity contribution is 6.33. The van der Waals surface area contributed by atoms with Crippen LogP contribution in [0.15, 0.2) is 72.8 Å². The minimum atomic E-state index is -0.239. The van der Waals surface area contributed by atoms with Gasteiger partial charge in [0, 0.05) is 5.02 Å². The summed E-state index contributed by atoms with van der Waals surface area (Å²) in [4.78, 5) is 17.2. The van der Waals surface area contributed by atoms with Crippen LogP contribution in [0.4, 0.5) is 0 Å². The van der Waals surface area contributed by atoms with Crippen LogP contribution in [0.2, 0.25) is 10.0 Å². The number of fused-ring (bicyclic) bond motifs is 1. The summed E-state index contributed by atoms with van der Waals surface area (Å²) in [7, 11) is 0. The van der Waals surface area contributed by atoms with Gasteiger partial charge in [-0.25, -0.2) is 4.98 Å². The van der Waals surface area contributed by atoms with Crippen molar-refractivity contribution in [1.29, 1.82) is 0 Å². The Kier molecular flexibility index (Phi) is 6.21. The van der Waals surface area contributed by atoms with Crippen LogP contribution < -0.4 is 10.1 Å². The molecule has 7 heteroatoms. The molecule has 0 unspecified atom stereocenters. The Morgan fingerprint density at radius 2 is 1.70 bits per heavy atom. The van der Waals surface area contributed by atoms with Gasteiger partial charge in [0.1, 0.15) is 18.2 Å². The number of hydrogen-bond donors (Lipinski definition) is 1. The van der Waals surface area contributed by atoms with Crippen molar-refractivity contribution in [2.75, 3.05) is 6.61 Å². The van der Waals surface area contributed by atoms with Crippen molar-refractivity contribution in [1.82, 2.24) is 14.9 Å². The monoisotopic (exact) mass is 439 g/mol. The van der Waals surface area contributed by atoms with Crippen molar-refractivity contribution in [3.8, 4) is 5.75 Å². The normalized spacial score (nSPS) is 10.9. The van der Waals surface area contributed by atoms with Gasteiger partial charge in [-0.2, -0.15) is 0 Å². The van der Waals surface area contributed by atoms with Crippen molar-refractivity contribution in [3.63, 3.8) is 0 Å². The van der Waals surface area contributed by atoms with Gasteiger partial charge in [-0.3, -0.25) is 4.79 Å². The van der Waals surface area contributed by atoms with E-state index in [4.69, 9.17) is 27.9 Å². The average molecular weight is 440 g/mol. The molecule has 0 saturated carbocycles. The maximum atomic E-state index is 12.5. The molecule has 0 atom stereocenters. The number of hydrogen-bond acceptors (Lipinski definition) is 3. The molecule has 1 amide bonds. The summed E-state index contributed by atoms with van der Waals surface area (Å²) >= 11 is 12.0. The predicted molar refractivity (Wildman–Crippen MR) is 119 cm³/mol. The first-order valence-corrected chi connectivity index (χ1v) is 10.2. The maximum Gasteiger partial charge on any atom is 0.253 e. The molecule has 0 aliphatic rings. The fourth-order valence-electron chi connectivity index (χ4n) is 3.20. The minimum absolute atomic E-state index is 0.239. The fraction of sp³-hybridized carbons (Fsp3) is 0.130. The Labute approximate surface area is 184 Å². The number of ether oxygens (including phenoxy) is 1. The Morgan fingerprint density at radius 3 is 2.50 bits per heavy atom. The Balaban J connectivity index is 1.49. The van der Waals surface area contributed by atoms with Gasteiger partial charge in [-0.05, 0) is 48.5 Å². The van der Waals surface area contributed by atoms with Crippen LogP contribution in [0.1, 0.15) is 16.2 Å². The van der Waals surface area contributed by atoms with Gasteiger partial charge in [-0.15, -0.1) is 0 Å². The lowest BCUT2D eigenvalue weighted by Gasteiger charge is -2.12. The van der Waals surface area contributed by atoms with Gasteiger partial charge >= 0.3 is 0 Å². The second-order valence-corrected chi connectivity index (χ2v) is 7.48. The van der Waals surface area contributed by atoms with Gasteiger partial charge in [0.05, 0.1) is 34.7 Å². The van der Waals surface area contributed by atoms with E-state index in [2.05, 4.69) is 14.9 Å². The zero-order chi connectivity index (χ0) is 20.9. The Bertz CT molecular complexity index is 1170. The van der Waals surface area contributed by atoms with Crippen molar-refractivity contribution >= 4 is 40.1 Å². The van der Waals surface area contributed by atoms with Crippen LogP contribution in [-0.2, 0) is 13.1 Å². The number of nitrogens with one attached hydrogen (secondary N) is 1. The van der Waals surface area contributed by atoms with E-state index in [0.29, 0.717) is 28.8 Å². The van der Waals surface area contributed by atoms with Crippen LogP contribution in [-0.4, -0.2) is 22.1 Å². The highest BCUT2D eigenvalue weighted by Crippen LogP contribution is 2.19. The number of rotatable bonds is 7. The number of imidazole rings is 1. The molecule has 0 aliphatic carbocycles. The van der Waals surface area contributed by atoms with Gasteiger partial charge in [0.2, 0.25) is 0 Å². The highest BCUT2D eigenvalue weighted by atomic mass is 35.5. The minimum Gasteiger partial charge on any atom is -0.492 e. The highest BCUT2D eigenvalue weighted by Gasteiger charge is 2.14. The first-order chi connectivity index (χ1) is 14.6. The van der Waals surface area contributed by atoms with Crippen LogP contribution in [0.3, 0.4) is 0 Å². The fourth-order valence-corrected chi connectivity index (χ4v) is 3.54. The summed E-state index contributed by atoms with van der Waals surface area (Å²) < 4.78 is 7.89. The molecule has 5 nitrogen and oxygen atoms in total. The standard InChI is InChI=1S/C23H19Cl2N3O2/c24-16-9-11-17(12-10-16)30-14-13-28-21-8-4-3-7-20(21)27-22(28)15-26-23(29)18-5-1-2-6-19(18)25/h1-12H,13-15H2,(H,26,29). The largest absolute Gasteiger partial charge is 0.492 e. The Morgan fingerprint density at radius 1 is 0.967 bits per heavy atom. The van der Waals surface area contributed by atoms with Crippen LogP contribution in [0, 0.1) is 0 Å². The third-order valence-electron chi connectivity index (χ3n) is 4.66. The molecule has 4 aromatic rings. The summed E-state index contributed by atoms with van der Waals surface area (Å²) in [6.07, 6.45) is 0. The summed E-state index contributed by atoms with van der Waals surface area (Å²) in [5.74, 6) is 1.25. The molecule has 0 fully saturated rings. The van der Waals surface area contributed by atoms with Crippen molar-refractivity contribution in [2.24, 2.45) is 0 Å². The number of carbonyl (C=O) groups excluding carboxylic acids is 1. The van der Waals surface area contributed by atoms with Crippen molar-refractivity contribution in [2.45, 2.75) is 13.1 Å². The van der Waals surface area contributed by atoms with E-state index in [0.717, 1.165) is 22.6 Å². The summed E-state index contributed by atoms with van der Waals surface area (Å²) in [5, 5.41) is 3.99. The molecule has 0 spiro atoms. The molecular weight excluding hydrogens is 421 g/mol. The SMILES string of the molecule is O=C(NCc1nc2ccccc2n1CCOc1ccc(Cl)cc1)c1ccccc1Cl. The van der Waals surface area contributed by atoms with Crippen LogP contribution in [0.25, 0.3) is 11.0 Å². The molecular formula is C23H19Cl2N3O2. The van der Waals surface area contributed by atoms with Crippen LogP contribution in [0.5, 0.6) is 5.75 Å². The van der Waals surface area contributed by atoms with Crippen molar-refractivity contribution < 1.29 is 9.53 Å². The topological polar surface area (TPSA) is 56.2 Å². The summed E-state index contributed by atoms with van der Waals surface area (Å²) in [6.45, 7) is 1.31. The third-order valence-corrected chi connectivity index (χ3v) is 5.24. The maximum absolute atomic E-state index is 12.5. The number of halogens is 2. The van der Waals surface area contributed by atoms with E-state index in [9.17, 15) is 4.79 Å². The molecule has 0 aliphatic heterocycles. The predicted octanol–water partition coefficient (Wildman–Crippen LogP) is 5.35. The van der Waals surface area contributed by atoms with E-state index >= 15 is 0 Å². The van der Waals surface area contributed by atoms with E-state index in [-0.39, 0.29) is 12.5 Å². The average Bonchev–Trinajstić information content (AvgIpc) is 3.11. The summed E-state index contributed by atoms with van der Waals surface area (Å²) in [6, 6.07) is 22.1. The number of amides is 1. The summed E-state index contributed by atoms with van der Waals surface area (Å²) in [5.41, 5.74) is 2.29. The Hall–Kier alpha value is -3.02. The number of nitrogens with zero attached hydrogens (tertiary/aromatic N) is 2. The van der Waals surface area contributed by atoms with E-state index < -0.39 is 0 Å². The van der Waals surface area contributed by atoms with Gasteiger partial charge in [-0.1, -0.05) is 47.5 Å². The molecule has 4 rings (SSSR count). The zero-order valence-electron chi connectivity index (χ0n) is 16.0. The van der Waals surface area contributed by atoms with Crippen molar-refractivity contribution in [3.05, 3.63) is 94.2 Å². The molecule has 0 saturated heterocycles. The zero-order valence-corrected chi connectivity index (χ0v) is 17.5. The quantitative estimate of drug-likeness (QED) is 0.422. The lowest BCUT2D eigenvalue weighted by atomic mass is 10.2. The second-order valence-electron chi connectivity index (χ2n) is 6.63. The lowest BCUT2D eigenvalue weighted by molar-refractivity contribution is 0.0949. The number of aromatic nitrogens is 2. The van der Waals surface area contributed by atoms with Crippen LogP contribution >= 0.6 is 23.2 Å². The lowest BCUT2D eigenvalue weighted by Crippen LogP contribution is -2.25. The molecule has 0 radical (unpaired) electrons. The number of benzene rings is 3.